The molecule has 3 rings (SSSR count). The van der Waals surface area contributed by atoms with Crippen molar-refractivity contribution in [2.75, 3.05) is 27.9 Å². The van der Waals surface area contributed by atoms with Crippen LogP contribution in [-0.4, -0.2) is 44.7 Å². The van der Waals surface area contributed by atoms with Gasteiger partial charge in [-0.1, -0.05) is 18.2 Å². The fourth-order valence-corrected chi connectivity index (χ4v) is 2.97. The van der Waals surface area contributed by atoms with Gasteiger partial charge in [0.05, 0.1) is 38.1 Å². The number of aromatic nitrogens is 1. The van der Waals surface area contributed by atoms with Gasteiger partial charge < -0.3 is 18.9 Å². The minimum atomic E-state index is -0.590. The second-order valence-corrected chi connectivity index (χ2v) is 6.26. The van der Waals surface area contributed by atoms with Crippen molar-refractivity contribution >= 4 is 22.7 Å². The van der Waals surface area contributed by atoms with Gasteiger partial charge in [0.2, 0.25) is 5.75 Å². The third-order valence-corrected chi connectivity index (χ3v) is 4.30. The van der Waals surface area contributed by atoms with E-state index in [9.17, 15) is 9.59 Å². The fourth-order valence-electron chi connectivity index (χ4n) is 2.97. The number of esters is 1. The minimum absolute atomic E-state index is 0.235. The fraction of sp³-hybridized carbons (Fsp3) is 0.227. The van der Waals surface area contributed by atoms with E-state index in [-0.39, 0.29) is 12.4 Å². The Morgan fingerprint density at radius 2 is 1.59 bits per heavy atom. The van der Waals surface area contributed by atoms with Gasteiger partial charge in [-0.25, -0.2) is 9.78 Å². The first-order valence-electron chi connectivity index (χ1n) is 8.85. The van der Waals surface area contributed by atoms with Crippen molar-refractivity contribution in [3.05, 3.63) is 48.0 Å². The van der Waals surface area contributed by atoms with Crippen molar-refractivity contribution in [2.24, 2.45) is 0 Å². The highest BCUT2D eigenvalue weighted by molar-refractivity contribution is 6.05. The van der Waals surface area contributed by atoms with Crippen LogP contribution in [0.3, 0.4) is 0 Å². The van der Waals surface area contributed by atoms with Crippen LogP contribution in [0, 0.1) is 0 Å². The van der Waals surface area contributed by atoms with Gasteiger partial charge in [0.25, 0.3) is 0 Å². The molecule has 7 heteroatoms. The number of Topliss-reactive ketones (excluding diaryl/α,β-unsaturated/α-hetero) is 1. The number of hydrogen-bond donors (Lipinski definition) is 0. The Balaban J connectivity index is 2.18. The van der Waals surface area contributed by atoms with Gasteiger partial charge in [0.15, 0.2) is 17.3 Å². The van der Waals surface area contributed by atoms with Crippen molar-refractivity contribution in [1.82, 2.24) is 4.98 Å². The molecule has 150 valence electrons. The monoisotopic (exact) mass is 395 g/mol. The summed E-state index contributed by atoms with van der Waals surface area (Å²) in [6, 6.07) is 12.4. The Morgan fingerprint density at radius 1 is 0.931 bits per heavy atom. The van der Waals surface area contributed by atoms with E-state index in [1.165, 1.54) is 28.3 Å². The number of para-hydroxylation sites is 1. The number of pyridine rings is 1. The lowest BCUT2D eigenvalue weighted by Gasteiger charge is -2.15. The first-order chi connectivity index (χ1) is 14.0. The highest BCUT2D eigenvalue weighted by Crippen LogP contribution is 2.41. The molecule has 1 aromatic heterocycles. The van der Waals surface area contributed by atoms with E-state index in [1.54, 1.807) is 30.3 Å². The molecular formula is C22H21NO6. The van der Waals surface area contributed by atoms with Crippen molar-refractivity contribution < 1.29 is 28.5 Å². The third-order valence-electron chi connectivity index (χ3n) is 4.30. The number of nitrogens with zero attached hydrogens (tertiary/aromatic N) is 1. The van der Waals surface area contributed by atoms with Crippen LogP contribution in [-0.2, 0) is 9.53 Å². The maximum Gasteiger partial charge on any atom is 0.339 e. The number of fused-ring (bicyclic) bond motifs is 1. The summed E-state index contributed by atoms with van der Waals surface area (Å²) < 4.78 is 21.3. The van der Waals surface area contributed by atoms with E-state index in [1.807, 2.05) is 12.1 Å². The SMILES string of the molecule is COc1cc(-c2cc(C(=O)OCC(C)=O)c3ccccc3n2)cc(OC)c1OC. The molecular weight excluding hydrogens is 374 g/mol. The normalized spacial score (nSPS) is 10.5. The summed E-state index contributed by atoms with van der Waals surface area (Å²) in [7, 11) is 4.58. The topological polar surface area (TPSA) is 84.0 Å². The maximum absolute atomic E-state index is 12.6. The minimum Gasteiger partial charge on any atom is -0.493 e. The van der Waals surface area contributed by atoms with Gasteiger partial charge in [0.1, 0.15) is 6.61 Å². The molecule has 2 aromatic carbocycles. The van der Waals surface area contributed by atoms with Crippen molar-refractivity contribution in [3.8, 4) is 28.5 Å². The largest absolute Gasteiger partial charge is 0.493 e. The van der Waals surface area contributed by atoms with E-state index >= 15 is 0 Å². The Morgan fingerprint density at radius 3 is 2.17 bits per heavy atom. The smallest absolute Gasteiger partial charge is 0.339 e. The molecule has 0 radical (unpaired) electrons. The lowest BCUT2D eigenvalue weighted by atomic mass is 10.0. The lowest BCUT2D eigenvalue weighted by Crippen LogP contribution is -2.12. The highest BCUT2D eigenvalue weighted by Gasteiger charge is 2.19. The number of hydrogen-bond acceptors (Lipinski definition) is 7. The number of rotatable bonds is 7. The molecule has 7 nitrogen and oxygen atoms in total. The van der Waals surface area contributed by atoms with Crippen molar-refractivity contribution in [3.63, 3.8) is 0 Å². The summed E-state index contributed by atoms with van der Waals surface area (Å²) in [5, 5.41) is 0.636. The van der Waals surface area contributed by atoms with Gasteiger partial charge in [-0.15, -0.1) is 0 Å². The predicted octanol–water partition coefficient (Wildman–Crippen LogP) is 3.67. The average Bonchev–Trinajstić information content (AvgIpc) is 2.75. The molecule has 29 heavy (non-hydrogen) atoms. The highest BCUT2D eigenvalue weighted by atomic mass is 16.5. The molecule has 0 spiro atoms. The lowest BCUT2D eigenvalue weighted by molar-refractivity contribution is -0.120. The van der Waals surface area contributed by atoms with Crippen LogP contribution in [0.2, 0.25) is 0 Å². The standard InChI is InChI=1S/C22H21NO6/c1-13(24)12-29-22(25)16-11-18(23-17-8-6-5-7-15(16)17)14-9-19(26-2)21(28-4)20(10-14)27-3/h5-11H,12H2,1-4H3. The van der Waals surface area contributed by atoms with Crippen LogP contribution in [0.15, 0.2) is 42.5 Å². The first kappa shape index (κ1) is 20.1. The number of carbonyl (C=O) groups is 2. The van der Waals surface area contributed by atoms with Gasteiger partial charge in [-0.2, -0.15) is 0 Å². The summed E-state index contributed by atoms with van der Waals surface area (Å²) in [4.78, 5) is 28.5. The van der Waals surface area contributed by atoms with E-state index in [0.29, 0.717) is 45.0 Å². The van der Waals surface area contributed by atoms with E-state index in [4.69, 9.17) is 18.9 Å². The summed E-state index contributed by atoms with van der Waals surface area (Å²) in [6.45, 7) is 1.08. The molecule has 1 heterocycles. The predicted molar refractivity (Wildman–Crippen MR) is 108 cm³/mol. The summed E-state index contributed by atoms with van der Waals surface area (Å²) >= 11 is 0. The van der Waals surface area contributed by atoms with Crippen LogP contribution < -0.4 is 14.2 Å². The van der Waals surface area contributed by atoms with Gasteiger partial charge in [-0.05, 0) is 31.2 Å². The van der Waals surface area contributed by atoms with Crippen LogP contribution in [0.25, 0.3) is 22.2 Å². The molecule has 0 unspecified atom stereocenters. The molecule has 0 aliphatic heterocycles. The van der Waals surface area contributed by atoms with Crippen molar-refractivity contribution in [2.45, 2.75) is 6.92 Å². The third kappa shape index (κ3) is 4.13. The van der Waals surface area contributed by atoms with Crippen LogP contribution >= 0.6 is 0 Å². The second kappa shape index (κ2) is 8.60. The first-order valence-corrected chi connectivity index (χ1v) is 8.85. The number of carbonyl (C=O) groups excluding carboxylic acids is 2. The Kier molecular flexibility index (Phi) is 5.97. The maximum atomic E-state index is 12.6. The zero-order valence-electron chi connectivity index (χ0n) is 16.6. The van der Waals surface area contributed by atoms with Crippen molar-refractivity contribution in [1.29, 1.82) is 0 Å². The van der Waals surface area contributed by atoms with Crippen LogP contribution in [0.5, 0.6) is 17.2 Å². The molecule has 0 saturated heterocycles. The van der Waals surface area contributed by atoms with Crippen LogP contribution in [0.1, 0.15) is 17.3 Å². The molecule has 0 N–H and O–H groups in total. The molecule has 0 aliphatic rings. The van der Waals surface area contributed by atoms with E-state index in [0.717, 1.165) is 0 Å². The number of ether oxygens (including phenoxy) is 4. The molecule has 0 bridgehead atoms. The van der Waals surface area contributed by atoms with E-state index < -0.39 is 5.97 Å². The van der Waals surface area contributed by atoms with Gasteiger partial charge in [0, 0.05) is 10.9 Å². The molecule has 0 aliphatic carbocycles. The zero-order chi connectivity index (χ0) is 21.0. The Bertz CT molecular complexity index is 1050. The molecule has 0 amide bonds. The average molecular weight is 395 g/mol. The second-order valence-electron chi connectivity index (χ2n) is 6.26. The number of ketones is 1. The molecule has 0 saturated carbocycles. The Labute approximate surface area is 168 Å². The van der Waals surface area contributed by atoms with Gasteiger partial charge in [-0.3, -0.25) is 4.79 Å². The van der Waals surface area contributed by atoms with Crippen LogP contribution in [0.4, 0.5) is 0 Å². The zero-order valence-corrected chi connectivity index (χ0v) is 16.6. The summed E-state index contributed by atoms with van der Waals surface area (Å²) in [5.74, 6) is 0.574. The number of methoxy groups -OCH3 is 3. The van der Waals surface area contributed by atoms with Gasteiger partial charge >= 0.3 is 5.97 Å². The summed E-state index contributed by atoms with van der Waals surface area (Å²) in [6.07, 6.45) is 0. The number of benzene rings is 2. The molecule has 3 aromatic rings. The summed E-state index contributed by atoms with van der Waals surface area (Å²) in [5.41, 5.74) is 2.14. The molecule has 0 fully saturated rings. The Hall–Kier alpha value is -3.61. The quantitative estimate of drug-likeness (QED) is 0.564. The van der Waals surface area contributed by atoms with E-state index in [2.05, 4.69) is 4.98 Å². The molecule has 0 atom stereocenters.